The maximum absolute atomic E-state index is 16.8. The normalized spacial score (nSPS) is 20.6. The first-order valence-corrected chi connectivity index (χ1v) is 45.6. The molecule has 4 amide bonds. The average Bonchev–Trinajstić information content (AvgIpc) is 0.820. The topological polar surface area (TPSA) is 343 Å². The van der Waals surface area contributed by atoms with E-state index in [0.29, 0.717) is 134 Å². The lowest BCUT2D eigenvalue weighted by atomic mass is 9.96. The first kappa shape index (κ1) is 93.9. The number of nitrogens with zero attached hydrogens (tertiary/aromatic N) is 18. The van der Waals surface area contributed by atoms with E-state index in [1.54, 1.807) is 46.2 Å². The monoisotopic (exact) mass is 1870 g/mol. The molecule has 34 heteroatoms. The van der Waals surface area contributed by atoms with Crippen LogP contribution in [0.2, 0.25) is 15.1 Å². The minimum Gasteiger partial charge on any atom is -0.508 e. The largest absolute Gasteiger partial charge is 0.508 e. The summed E-state index contributed by atoms with van der Waals surface area (Å²) in [5.41, 5.74) is 7.30. The maximum Gasteiger partial charge on any atom is 0.319 e. The Morgan fingerprint density at radius 3 is 0.978 bits per heavy atom. The number of benzene rings is 9. The Kier molecular flexibility index (Phi) is 28.2. The van der Waals surface area contributed by atoms with Gasteiger partial charge in [-0.3, -0.25) is 9.59 Å². The summed E-state index contributed by atoms with van der Waals surface area (Å²) in [4.78, 5) is 82.4. The molecule has 0 spiro atoms. The second-order valence-electron chi connectivity index (χ2n) is 35.7. The van der Waals surface area contributed by atoms with Gasteiger partial charge in [0.05, 0.1) is 90.5 Å². The zero-order valence-electron chi connectivity index (χ0n) is 74.9. The Labute approximate surface area is 787 Å². The number of carbonyl (C=O) groups is 3. The van der Waals surface area contributed by atoms with E-state index in [2.05, 4.69) is 103 Å². The molecule has 3 aromatic heterocycles. The molecule has 12 aromatic rings. The lowest BCUT2D eigenvalue weighted by Gasteiger charge is -2.41. The third kappa shape index (κ3) is 19.5. The highest BCUT2D eigenvalue weighted by Crippen LogP contribution is 2.48. The van der Waals surface area contributed by atoms with Gasteiger partial charge in [-0.15, -0.1) is 0 Å². The Hall–Kier alpha value is -13.3. The van der Waals surface area contributed by atoms with Gasteiger partial charge in [-0.05, 0) is 155 Å². The van der Waals surface area contributed by atoms with Gasteiger partial charge in [-0.2, -0.15) is 45.7 Å². The van der Waals surface area contributed by atoms with Crippen molar-refractivity contribution in [2.75, 3.05) is 154 Å². The molecule has 9 heterocycles. The number of aromatic nitrogens is 6. The van der Waals surface area contributed by atoms with E-state index in [-0.39, 0.29) is 146 Å². The quantitative estimate of drug-likeness (QED) is 0.0515. The smallest absolute Gasteiger partial charge is 0.319 e. The van der Waals surface area contributed by atoms with E-state index >= 15 is 13.2 Å². The Bertz CT molecular complexity index is 6480. The number of aromatic hydroxyl groups is 3. The first-order chi connectivity index (χ1) is 64.5. The number of carbonyl (C=O) groups excluding carboxylic acids is 3. The van der Waals surface area contributed by atoms with Gasteiger partial charge in [0.15, 0.2) is 17.5 Å². The van der Waals surface area contributed by atoms with Crippen molar-refractivity contribution in [3.63, 3.8) is 0 Å². The van der Waals surface area contributed by atoms with Gasteiger partial charge < -0.3 is 79.4 Å². The number of nitriles is 3. The number of likely N-dealkylation sites (tertiary alicyclic amines) is 3. The molecule has 6 saturated heterocycles. The van der Waals surface area contributed by atoms with Gasteiger partial charge in [0.25, 0.3) is 0 Å². The third-order valence-corrected chi connectivity index (χ3v) is 27.4. The summed E-state index contributed by atoms with van der Waals surface area (Å²) < 4.78 is 68.9. The lowest BCUT2D eigenvalue weighted by molar-refractivity contribution is -0.129. The number of ether oxygens (including phenoxy) is 3. The van der Waals surface area contributed by atoms with Crippen molar-refractivity contribution < 1.29 is 57.1 Å². The number of urea groups is 1. The standard InChI is InChI=1S/2C34H34ClFN6O3.C32H33ClFN7O3/c2*1-4-29(44)42-12-11-41(18-23(42)9-10-37)33-27-15-28(35)30(26-14-24(43)13-21-7-5-6-8-25(21)26)31(36)32(27)38-34(39-33)45-19-22-17-40(3)16-20(22)2;1-18-14-39(2)15-20(18)17-44-32-37-29-25(30(38-32)40-9-10-41(31(36)43)21(16-40)7-8-35)13-26(33)27(28(29)34)24-12-22(42)11-19-5-3-4-6-23(19)24/h2*4-8,13-15,20,22-23,43H,1,9,11-12,16-19H2,2-3H3;3-6,11-13,18,20-21,42H,7,9-10,14-17H2,1-2H3,(H2,36,43)/t20?,22-,23-;;/m0../s1. The SMILES string of the molecule is C=CC(=O)N1CCN(c2nc(OCC3CN(C)CC3C)nc3c(F)c(-c4cc(O)cc5ccccc45)c(Cl)cc23)CC1CC#N.C=CC(=O)N1CCN(c2nc(OC[C@@H]3CN(C)CC3C)nc3c(F)c(-c4cc(O)cc5ccccc45)c(Cl)cc23)C[C@@H]1CC#N.CC1CN(C)CC1COc1nc(N2CCN(C(N)=O)C(CC#N)C2)c2cc(Cl)c(-c3cc(O)cc4ccccc34)c(F)c2n1. The van der Waals surface area contributed by atoms with E-state index in [1.807, 2.05) is 87.5 Å². The highest BCUT2D eigenvalue weighted by molar-refractivity contribution is 6.36. The Balaban J connectivity index is 0.000000146. The van der Waals surface area contributed by atoms with Crippen LogP contribution in [0.1, 0.15) is 40.0 Å². The second kappa shape index (κ2) is 40.2. The van der Waals surface area contributed by atoms with E-state index in [1.165, 1.54) is 35.3 Å². The number of phenolic OH excluding ortho intramolecular Hbond substituents is 3. The number of anilines is 3. The predicted molar refractivity (Wildman–Crippen MR) is 513 cm³/mol. The number of primary amides is 1. The van der Waals surface area contributed by atoms with Gasteiger partial charge in [0.2, 0.25) is 11.8 Å². The second-order valence-corrected chi connectivity index (χ2v) is 36.9. The van der Waals surface area contributed by atoms with E-state index in [9.17, 15) is 45.5 Å². The fourth-order valence-electron chi connectivity index (χ4n) is 19.8. The van der Waals surface area contributed by atoms with Crippen LogP contribution in [0, 0.1) is 87.0 Å². The van der Waals surface area contributed by atoms with E-state index < -0.39 is 41.6 Å². The molecule has 9 atom stereocenters. The van der Waals surface area contributed by atoms with Gasteiger partial charge >= 0.3 is 24.1 Å². The summed E-state index contributed by atoms with van der Waals surface area (Å²) in [6.45, 7) is 23.2. The van der Waals surface area contributed by atoms with Crippen molar-refractivity contribution in [3.8, 4) is 86.9 Å². The van der Waals surface area contributed by atoms with Crippen molar-refractivity contribution >= 4 is 135 Å². The summed E-state index contributed by atoms with van der Waals surface area (Å²) in [5.74, 6) is 0.679. The molecule has 9 aromatic carbocycles. The summed E-state index contributed by atoms with van der Waals surface area (Å²) in [6.07, 6.45) is 2.78. The van der Waals surface area contributed by atoms with Crippen molar-refractivity contribution in [1.82, 2.24) is 59.3 Å². The summed E-state index contributed by atoms with van der Waals surface area (Å²) in [7, 11) is 6.21. The molecular weight excluding hydrogens is 1770 g/mol. The molecular formula is C100H101Cl3F3N19O9. The zero-order valence-corrected chi connectivity index (χ0v) is 77.2. The molecule has 18 rings (SSSR count). The number of halogens is 6. The fourth-order valence-corrected chi connectivity index (χ4v) is 20.7. The number of rotatable bonds is 20. The van der Waals surface area contributed by atoms with Gasteiger partial charge in [-0.1, -0.05) is 142 Å². The highest BCUT2D eigenvalue weighted by atomic mass is 35.5. The van der Waals surface area contributed by atoms with Gasteiger partial charge in [0.1, 0.15) is 51.3 Å². The summed E-state index contributed by atoms with van der Waals surface area (Å²) in [5, 5.41) is 65.9. The lowest BCUT2D eigenvalue weighted by Crippen LogP contribution is -2.56. The van der Waals surface area contributed by atoms with Crippen LogP contribution in [-0.4, -0.2) is 250 Å². The molecule has 28 nitrogen and oxygen atoms in total. The van der Waals surface area contributed by atoms with Crippen LogP contribution in [0.3, 0.4) is 0 Å². The molecule has 0 radical (unpaired) electrons. The zero-order chi connectivity index (χ0) is 94.8. The van der Waals surface area contributed by atoms with Crippen LogP contribution in [0.5, 0.6) is 35.3 Å². The molecule has 0 saturated carbocycles. The average molecular weight is 1880 g/mol. The number of hydrogen-bond donors (Lipinski definition) is 4. The molecule has 692 valence electrons. The summed E-state index contributed by atoms with van der Waals surface area (Å²) >= 11 is 20.5. The fraction of sp³-hybridized carbons (Fsp3) is 0.360. The molecule has 0 aliphatic carbocycles. The highest BCUT2D eigenvalue weighted by Gasteiger charge is 2.39. The van der Waals surface area contributed by atoms with E-state index in [4.69, 9.17) is 69.7 Å². The third-order valence-electron chi connectivity index (χ3n) is 26.5. The number of nitrogens with two attached hydrogens (primary N) is 1. The number of piperazine rings is 3. The molecule has 0 bridgehead atoms. The molecule has 6 aliphatic rings. The molecule has 5 N–H and O–H groups in total. The van der Waals surface area contributed by atoms with Crippen LogP contribution in [0.25, 0.3) is 98.4 Å². The van der Waals surface area contributed by atoms with Crippen LogP contribution in [0.15, 0.2) is 153 Å². The maximum atomic E-state index is 16.8. The number of phenols is 3. The number of hydrogen-bond acceptors (Lipinski definition) is 24. The van der Waals surface area contributed by atoms with Crippen molar-refractivity contribution in [3.05, 3.63) is 185 Å². The first-order valence-electron chi connectivity index (χ1n) is 44.5. The minimum atomic E-state index is -0.671. The molecule has 7 unspecified atom stereocenters. The Morgan fingerprint density at radius 2 is 0.709 bits per heavy atom. The number of fused-ring (bicyclic) bond motifs is 6. The predicted octanol–water partition coefficient (Wildman–Crippen LogP) is 16.3. The summed E-state index contributed by atoms with van der Waals surface area (Å²) in [6, 6.07) is 41.0. The van der Waals surface area contributed by atoms with Crippen molar-refractivity contribution in [2.45, 2.75) is 58.2 Å². The van der Waals surface area contributed by atoms with Crippen molar-refractivity contribution in [1.29, 1.82) is 15.8 Å². The van der Waals surface area contributed by atoms with Crippen LogP contribution >= 0.6 is 34.8 Å². The van der Waals surface area contributed by atoms with Crippen LogP contribution in [-0.2, 0) is 9.59 Å². The molecule has 6 aliphatic heterocycles. The molecule has 6 fully saturated rings. The minimum absolute atomic E-state index is 0.0159. The van der Waals surface area contributed by atoms with Crippen LogP contribution < -0.4 is 34.6 Å². The van der Waals surface area contributed by atoms with Crippen LogP contribution in [0.4, 0.5) is 35.4 Å². The Morgan fingerprint density at radius 1 is 0.425 bits per heavy atom. The van der Waals surface area contributed by atoms with E-state index in [0.717, 1.165) is 71.6 Å². The number of amides is 4. The molecule has 134 heavy (non-hydrogen) atoms. The van der Waals surface area contributed by atoms with Gasteiger partial charge in [-0.25, -0.2) is 18.0 Å². The van der Waals surface area contributed by atoms with Gasteiger partial charge in [0, 0.05) is 149 Å². The van der Waals surface area contributed by atoms with Crippen molar-refractivity contribution in [2.24, 2.45) is 41.2 Å².